The maximum Gasteiger partial charge on any atom is 0.434 e. The first-order chi connectivity index (χ1) is 11.2. The summed E-state index contributed by atoms with van der Waals surface area (Å²) in [5.74, 6) is 0.0396. The highest BCUT2D eigenvalue weighted by atomic mass is 79.9. The van der Waals surface area contributed by atoms with Gasteiger partial charge in [-0.1, -0.05) is 0 Å². The van der Waals surface area contributed by atoms with E-state index < -0.39 is 11.9 Å². The van der Waals surface area contributed by atoms with Crippen molar-refractivity contribution in [1.82, 2.24) is 9.97 Å². The molecule has 2 aromatic rings. The molecule has 1 aromatic carbocycles. The van der Waals surface area contributed by atoms with Gasteiger partial charge in [0.25, 0.3) is 0 Å². The molecule has 1 aromatic heterocycles. The summed E-state index contributed by atoms with van der Waals surface area (Å²) in [5.41, 5.74) is -0.307. The topological polar surface area (TPSA) is 76.1 Å². The lowest BCUT2D eigenvalue weighted by Crippen LogP contribution is -2.11. The molecule has 0 spiro atoms. The summed E-state index contributed by atoms with van der Waals surface area (Å²) in [6.07, 6.45) is -3.80. The van der Waals surface area contributed by atoms with Gasteiger partial charge in [0.05, 0.1) is 17.3 Å². The number of carbonyl (C=O) groups is 1. The molecule has 0 saturated carbocycles. The Balaban J connectivity index is 2.37. The number of alkyl halides is 3. The molecule has 6 nitrogen and oxygen atoms in total. The van der Waals surface area contributed by atoms with Crippen LogP contribution in [-0.4, -0.2) is 23.0 Å². The van der Waals surface area contributed by atoms with Crippen LogP contribution in [0.1, 0.15) is 12.6 Å². The second kappa shape index (κ2) is 7.04. The van der Waals surface area contributed by atoms with Crippen LogP contribution >= 0.6 is 15.9 Å². The van der Waals surface area contributed by atoms with Crippen LogP contribution in [-0.2, 0) is 11.0 Å². The van der Waals surface area contributed by atoms with Crippen molar-refractivity contribution in [2.45, 2.75) is 13.1 Å². The van der Waals surface area contributed by atoms with Gasteiger partial charge in [0.1, 0.15) is 17.9 Å². The van der Waals surface area contributed by atoms with Gasteiger partial charge >= 0.3 is 6.18 Å². The van der Waals surface area contributed by atoms with Crippen molar-refractivity contribution < 1.29 is 22.7 Å². The lowest BCUT2D eigenvalue weighted by Gasteiger charge is -2.14. The summed E-state index contributed by atoms with van der Waals surface area (Å²) in [7, 11) is 1.43. The molecule has 0 unspecified atom stereocenters. The highest BCUT2D eigenvalue weighted by Crippen LogP contribution is 2.37. The average Bonchev–Trinajstić information content (AvgIpc) is 2.48. The number of aromatic nitrogens is 2. The summed E-state index contributed by atoms with van der Waals surface area (Å²) in [4.78, 5) is 18.2. The van der Waals surface area contributed by atoms with Gasteiger partial charge in [0.15, 0.2) is 5.69 Å². The first-order valence-electron chi connectivity index (χ1n) is 6.52. The van der Waals surface area contributed by atoms with Gasteiger partial charge in [-0.05, 0) is 34.1 Å². The van der Waals surface area contributed by atoms with Crippen molar-refractivity contribution in [3.05, 3.63) is 34.7 Å². The second-order valence-corrected chi connectivity index (χ2v) is 5.40. The van der Waals surface area contributed by atoms with Gasteiger partial charge < -0.3 is 15.4 Å². The smallest absolute Gasteiger partial charge is 0.434 e. The Morgan fingerprint density at radius 3 is 2.58 bits per heavy atom. The van der Waals surface area contributed by atoms with Crippen molar-refractivity contribution in [2.75, 3.05) is 17.7 Å². The molecule has 10 heteroatoms. The van der Waals surface area contributed by atoms with Crippen LogP contribution in [0.15, 0.2) is 29.0 Å². The molecule has 24 heavy (non-hydrogen) atoms. The number of methoxy groups -OCH3 is 1. The Morgan fingerprint density at radius 2 is 2.00 bits per heavy atom. The fraction of sp³-hybridized carbons (Fsp3) is 0.214. The van der Waals surface area contributed by atoms with E-state index in [1.165, 1.54) is 20.1 Å². The Labute approximate surface area is 143 Å². The van der Waals surface area contributed by atoms with E-state index >= 15 is 0 Å². The molecule has 0 aliphatic heterocycles. The van der Waals surface area contributed by atoms with E-state index in [4.69, 9.17) is 4.74 Å². The minimum Gasteiger partial charge on any atom is -0.495 e. The molecule has 0 aliphatic carbocycles. The zero-order chi connectivity index (χ0) is 17.9. The lowest BCUT2D eigenvalue weighted by molar-refractivity contribution is -0.141. The summed E-state index contributed by atoms with van der Waals surface area (Å²) in [6.45, 7) is 1.33. The molecular formula is C14H12BrF3N4O2. The van der Waals surface area contributed by atoms with E-state index in [2.05, 4.69) is 36.5 Å². The van der Waals surface area contributed by atoms with Crippen LogP contribution in [0.5, 0.6) is 5.75 Å². The van der Waals surface area contributed by atoms with E-state index in [9.17, 15) is 18.0 Å². The Bertz CT molecular complexity index is 768. The van der Waals surface area contributed by atoms with Gasteiger partial charge in [-0.3, -0.25) is 4.79 Å². The monoisotopic (exact) mass is 404 g/mol. The van der Waals surface area contributed by atoms with Gasteiger partial charge in [-0.25, -0.2) is 9.97 Å². The zero-order valence-electron chi connectivity index (χ0n) is 12.5. The number of benzene rings is 1. The molecular weight excluding hydrogens is 393 g/mol. The van der Waals surface area contributed by atoms with Crippen molar-refractivity contribution in [3.63, 3.8) is 0 Å². The van der Waals surface area contributed by atoms with Crippen molar-refractivity contribution in [1.29, 1.82) is 0 Å². The third-order valence-electron chi connectivity index (χ3n) is 2.83. The molecule has 1 amide bonds. The van der Waals surface area contributed by atoms with E-state index in [-0.39, 0.29) is 16.2 Å². The van der Waals surface area contributed by atoms with Gasteiger partial charge in [-0.2, -0.15) is 13.2 Å². The molecule has 0 fully saturated rings. The number of amides is 1. The molecule has 0 bridgehead atoms. The molecule has 0 aliphatic rings. The van der Waals surface area contributed by atoms with Crippen LogP contribution in [0, 0.1) is 0 Å². The van der Waals surface area contributed by atoms with Gasteiger partial charge in [-0.15, -0.1) is 0 Å². The van der Waals surface area contributed by atoms with Crippen molar-refractivity contribution >= 4 is 39.0 Å². The fourth-order valence-electron chi connectivity index (χ4n) is 1.86. The summed E-state index contributed by atoms with van der Waals surface area (Å²) in [5, 5.41) is 5.32. The highest BCUT2D eigenvalue weighted by Gasteiger charge is 2.36. The van der Waals surface area contributed by atoms with E-state index in [0.717, 1.165) is 6.33 Å². The SMILES string of the molecule is COc1ccc(Nc2ncnc(C(F)(F)F)c2Br)cc1NC(C)=O. The van der Waals surface area contributed by atoms with E-state index in [1.807, 2.05) is 0 Å². The molecule has 0 saturated heterocycles. The van der Waals surface area contributed by atoms with Crippen LogP contribution in [0.25, 0.3) is 0 Å². The maximum absolute atomic E-state index is 12.9. The number of halogens is 4. The molecule has 2 N–H and O–H groups in total. The summed E-state index contributed by atoms with van der Waals surface area (Å²) < 4.78 is 43.4. The van der Waals surface area contributed by atoms with Crippen LogP contribution < -0.4 is 15.4 Å². The third-order valence-corrected chi connectivity index (χ3v) is 3.58. The maximum atomic E-state index is 12.9. The number of hydrogen-bond donors (Lipinski definition) is 2. The first kappa shape index (κ1) is 18.0. The Morgan fingerprint density at radius 1 is 1.29 bits per heavy atom. The van der Waals surface area contributed by atoms with Crippen LogP contribution in [0.4, 0.5) is 30.4 Å². The Kier molecular flexibility index (Phi) is 5.27. The van der Waals surface area contributed by atoms with Crippen LogP contribution in [0.3, 0.4) is 0 Å². The molecule has 0 radical (unpaired) electrons. The first-order valence-corrected chi connectivity index (χ1v) is 7.32. The second-order valence-electron chi connectivity index (χ2n) is 4.60. The third kappa shape index (κ3) is 4.13. The Hall–Kier alpha value is -2.36. The van der Waals surface area contributed by atoms with Crippen molar-refractivity contribution in [2.24, 2.45) is 0 Å². The van der Waals surface area contributed by atoms with Gasteiger partial charge in [0, 0.05) is 12.6 Å². The summed E-state index contributed by atoms with van der Waals surface area (Å²) in [6, 6.07) is 4.65. The minimum absolute atomic E-state index is 0.0590. The average molecular weight is 405 g/mol. The predicted octanol–water partition coefficient (Wildman–Crippen LogP) is 3.97. The normalized spacial score (nSPS) is 11.1. The molecule has 1 heterocycles. The largest absolute Gasteiger partial charge is 0.495 e. The number of carbonyl (C=O) groups excluding carboxylic acids is 1. The quantitative estimate of drug-likeness (QED) is 0.806. The molecule has 128 valence electrons. The number of nitrogens with zero attached hydrogens (tertiary/aromatic N) is 2. The standard InChI is InChI=1S/C14H12BrF3N4O2/c1-7(23)21-9-5-8(3-4-10(9)24-2)22-13-11(15)12(14(16,17)18)19-6-20-13/h3-6H,1-2H3,(H,21,23)(H,19,20,22). The number of rotatable bonds is 4. The predicted molar refractivity (Wildman–Crippen MR) is 85.3 cm³/mol. The van der Waals surface area contributed by atoms with Gasteiger partial charge in [0.2, 0.25) is 5.91 Å². The van der Waals surface area contributed by atoms with E-state index in [1.54, 1.807) is 12.1 Å². The number of anilines is 3. The lowest BCUT2D eigenvalue weighted by atomic mass is 10.2. The van der Waals surface area contributed by atoms with E-state index in [0.29, 0.717) is 17.1 Å². The van der Waals surface area contributed by atoms with Crippen molar-refractivity contribution in [3.8, 4) is 5.75 Å². The number of nitrogens with one attached hydrogen (secondary N) is 2. The summed E-state index contributed by atoms with van der Waals surface area (Å²) >= 11 is 2.86. The fourth-order valence-corrected chi connectivity index (χ4v) is 2.39. The number of hydrogen-bond acceptors (Lipinski definition) is 5. The van der Waals surface area contributed by atoms with Crippen LogP contribution in [0.2, 0.25) is 0 Å². The minimum atomic E-state index is -4.61. The molecule has 0 atom stereocenters. The number of ether oxygens (including phenoxy) is 1. The molecule has 2 rings (SSSR count). The zero-order valence-corrected chi connectivity index (χ0v) is 14.1. The highest BCUT2D eigenvalue weighted by molar-refractivity contribution is 9.10.